The molecule has 3 N–H and O–H groups in total. The third kappa shape index (κ3) is 5.05. The van der Waals surface area contributed by atoms with E-state index in [0.29, 0.717) is 24.9 Å². The summed E-state index contributed by atoms with van der Waals surface area (Å²) in [6.45, 7) is 0.419. The van der Waals surface area contributed by atoms with Crippen LogP contribution in [0.4, 0.5) is 8.78 Å². The average molecular weight is 284 g/mol. The first-order valence-corrected chi connectivity index (χ1v) is 6.44. The third-order valence-corrected chi connectivity index (χ3v) is 2.85. The molecule has 0 fully saturated rings. The first-order chi connectivity index (χ1) is 9.56. The highest BCUT2D eigenvalue weighted by molar-refractivity contribution is 5.98. The SMILES string of the molecule is NCCCC[C@H](NC(=O)c1ccccc1)C(=O)C(F)F. The Kier molecular flexibility index (Phi) is 6.79. The fraction of sp³-hybridized carbons (Fsp3) is 0.429. The van der Waals surface area contributed by atoms with E-state index in [1.807, 2.05) is 0 Å². The highest BCUT2D eigenvalue weighted by atomic mass is 19.3. The number of carbonyl (C=O) groups is 2. The lowest BCUT2D eigenvalue weighted by molar-refractivity contribution is -0.131. The number of alkyl halides is 2. The van der Waals surface area contributed by atoms with Gasteiger partial charge in [-0.3, -0.25) is 9.59 Å². The second kappa shape index (κ2) is 8.37. The van der Waals surface area contributed by atoms with Gasteiger partial charge in [-0.05, 0) is 37.9 Å². The number of halogens is 2. The van der Waals surface area contributed by atoms with E-state index in [1.165, 1.54) is 0 Å². The van der Waals surface area contributed by atoms with Crippen LogP contribution in [0, 0.1) is 0 Å². The van der Waals surface area contributed by atoms with Crippen LogP contribution in [0.1, 0.15) is 29.6 Å². The maximum atomic E-state index is 12.5. The van der Waals surface area contributed by atoms with E-state index in [9.17, 15) is 18.4 Å². The molecule has 110 valence electrons. The van der Waals surface area contributed by atoms with Crippen molar-refractivity contribution in [2.45, 2.75) is 31.7 Å². The van der Waals surface area contributed by atoms with Crippen LogP contribution in [-0.4, -0.2) is 30.7 Å². The lowest BCUT2D eigenvalue weighted by atomic mass is 10.0. The minimum atomic E-state index is -3.09. The van der Waals surface area contributed by atoms with Crippen molar-refractivity contribution in [2.24, 2.45) is 5.73 Å². The van der Waals surface area contributed by atoms with Crippen molar-refractivity contribution in [2.75, 3.05) is 6.54 Å². The Labute approximate surface area is 116 Å². The molecule has 4 nitrogen and oxygen atoms in total. The van der Waals surface area contributed by atoms with Crippen molar-refractivity contribution in [1.29, 1.82) is 0 Å². The van der Waals surface area contributed by atoms with Crippen LogP contribution in [0.25, 0.3) is 0 Å². The van der Waals surface area contributed by atoms with Crippen LogP contribution in [-0.2, 0) is 4.79 Å². The second-order valence-corrected chi connectivity index (χ2v) is 4.38. The minimum absolute atomic E-state index is 0.166. The molecule has 0 aliphatic rings. The fourth-order valence-corrected chi connectivity index (χ4v) is 1.76. The smallest absolute Gasteiger partial charge is 0.298 e. The molecule has 1 rings (SSSR count). The van der Waals surface area contributed by atoms with E-state index in [0.717, 1.165) is 0 Å². The zero-order valence-corrected chi connectivity index (χ0v) is 11.0. The lowest BCUT2D eigenvalue weighted by Crippen LogP contribution is -2.43. The zero-order chi connectivity index (χ0) is 15.0. The number of ketones is 1. The Balaban J connectivity index is 2.68. The molecule has 1 atom stereocenters. The van der Waals surface area contributed by atoms with Crippen molar-refractivity contribution < 1.29 is 18.4 Å². The van der Waals surface area contributed by atoms with Crippen LogP contribution in [0.2, 0.25) is 0 Å². The number of nitrogens with two attached hydrogens (primary N) is 1. The standard InChI is InChI=1S/C14H18F2N2O2/c15-13(16)12(19)11(8-4-5-9-17)18-14(20)10-6-2-1-3-7-10/h1-3,6-7,11,13H,4-5,8-9,17H2,(H,18,20)/t11-/m0/s1. The number of benzene rings is 1. The maximum absolute atomic E-state index is 12.5. The Hall–Kier alpha value is -1.82. The molecule has 0 bridgehead atoms. The maximum Gasteiger partial charge on any atom is 0.298 e. The molecule has 1 amide bonds. The average Bonchev–Trinajstić information content (AvgIpc) is 2.46. The molecule has 0 aliphatic heterocycles. The summed E-state index contributed by atoms with van der Waals surface area (Å²) in [7, 11) is 0. The van der Waals surface area contributed by atoms with E-state index >= 15 is 0 Å². The van der Waals surface area contributed by atoms with Crippen molar-refractivity contribution >= 4 is 11.7 Å². The van der Waals surface area contributed by atoms with Gasteiger partial charge in [0.1, 0.15) is 0 Å². The van der Waals surface area contributed by atoms with Crippen molar-refractivity contribution in [3.05, 3.63) is 35.9 Å². The van der Waals surface area contributed by atoms with Gasteiger partial charge in [-0.2, -0.15) is 0 Å². The molecule has 0 heterocycles. The number of hydrogen-bond acceptors (Lipinski definition) is 3. The third-order valence-electron chi connectivity index (χ3n) is 2.85. The van der Waals surface area contributed by atoms with Crippen molar-refractivity contribution in [1.82, 2.24) is 5.32 Å². The lowest BCUT2D eigenvalue weighted by Gasteiger charge is -2.17. The monoisotopic (exact) mass is 284 g/mol. The summed E-state index contributed by atoms with van der Waals surface area (Å²) in [6.07, 6.45) is -1.80. The molecule has 20 heavy (non-hydrogen) atoms. The van der Waals surface area contributed by atoms with Gasteiger partial charge in [0.25, 0.3) is 12.3 Å². The Bertz CT molecular complexity index is 438. The summed E-state index contributed by atoms with van der Waals surface area (Å²) in [5.41, 5.74) is 5.65. The summed E-state index contributed by atoms with van der Waals surface area (Å²) < 4.78 is 25.0. The van der Waals surface area contributed by atoms with Gasteiger partial charge in [0, 0.05) is 5.56 Å². The molecule has 6 heteroatoms. The predicted molar refractivity (Wildman–Crippen MR) is 71.6 cm³/mol. The van der Waals surface area contributed by atoms with Gasteiger partial charge in [-0.25, -0.2) is 8.78 Å². The van der Waals surface area contributed by atoms with Crippen LogP contribution >= 0.6 is 0 Å². The number of carbonyl (C=O) groups excluding carboxylic acids is 2. The van der Waals surface area contributed by atoms with E-state index < -0.39 is 24.2 Å². The first-order valence-electron chi connectivity index (χ1n) is 6.44. The Morgan fingerprint density at radius 3 is 2.35 bits per heavy atom. The first kappa shape index (κ1) is 16.2. The van der Waals surface area contributed by atoms with Crippen LogP contribution in [0.5, 0.6) is 0 Å². The number of Topliss-reactive ketones (excluding diaryl/α,β-unsaturated/α-hetero) is 1. The minimum Gasteiger partial charge on any atom is -0.342 e. The molecule has 0 saturated heterocycles. The topological polar surface area (TPSA) is 72.2 Å². The van der Waals surface area contributed by atoms with E-state index in [-0.39, 0.29) is 6.42 Å². The zero-order valence-electron chi connectivity index (χ0n) is 11.0. The molecule has 0 spiro atoms. The highest BCUT2D eigenvalue weighted by Gasteiger charge is 2.27. The van der Waals surface area contributed by atoms with Crippen LogP contribution in [0.3, 0.4) is 0 Å². The molecule has 0 saturated carbocycles. The molecule has 0 aromatic heterocycles. The summed E-state index contributed by atoms with van der Waals surface area (Å²) in [5.74, 6) is -1.79. The molecular weight excluding hydrogens is 266 g/mol. The number of amides is 1. The number of unbranched alkanes of at least 4 members (excludes halogenated alkanes) is 1. The highest BCUT2D eigenvalue weighted by Crippen LogP contribution is 2.09. The van der Waals surface area contributed by atoms with Crippen LogP contribution < -0.4 is 11.1 Å². The van der Waals surface area contributed by atoms with Gasteiger partial charge in [-0.1, -0.05) is 18.2 Å². The number of nitrogens with one attached hydrogen (secondary N) is 1. The van der Waals surface area contributed by atoms with E-state index in [2.05, 4.69) is 5.32 Å². The second-order valence-electron chi connectivity index (χ2n) is 4.38. The van der Waals surface area contributed by atoms with Gasteiger partial charge in [-0.15, -0.1) is 0 Å². The van der Waals surface area contributed by atoms with Crippen molar-refractivity contribution in [3.8, 4) is 0 Å². The van der Waals surface area contributed by atoms with Gasteiger partial charge in [0.05, 0.1) is 6.04 Å². The summed E-state index contributed by atoms with van der Waals surface area (Å²) in [5, 5.41) is 2.36. The number of rotatable bonds is 8. The quantitative estimate of drug-likeness (QED) is 0.714. The molecule has 1 aromatic rings. The predicted octanol–water partition coefficient (Wildman–Crippen LogP) is 1.75. The molecule has 0 unspecified atom stereocenters. The largest absolute Gasteiger partial charge is 0.342 e. The van der Waals surface area contributed by atoms with E-state index in [4.69, 9.17) is 5.73 Å². The molecule has 0 aliphatic carbocycles. The molecular formula is C14H18F2N2O2. The van der Waals surface area contributed by atoms with Gasteiger partial charge in [0.2, 0.25) is 5.78 Å². The summed E-state index contributed by atoms with van der Waals surface area (Å²) >= 11 is 0. The Morgan fingerprint density at radius 2 is 1.80 bits per heavy atom. The normalized spacial score (nSPS) is 12.2. The number of hydrogen-bond donors (Lipinski definition) is 2. The fourth-order valence-electron chi connectivity index (χ4n) is 1.76. The molecule has 1 aromatic carbocycles. The van der Waals surface area contributed by atoms with Gasteiger partial charge >= 0.3 is 0 Å². The molecule has 0 radical (unpaired) electrons. The Morgan fingerprint density at radius 1 is 1.15 bits per heavy atom. The summed E-state index contributed by atoms with van der Waals surface area (Å²) in [6, 6.07) is 6.99. The van der Waals surface area contributed by atoms with Gasteiger partial charge < -0.3 is 11.1 Å². The van der Waals surface area contributed by atoms with E-state index in [1.54, 1.807) is 30.3 Å². The van der Waals surface area contributed by atoms with Crippen molar-refractivity contribution in [3.63, 3.8) is 0 Å². The summed E-state index contributed by atoms with van der Waals surface area (Å²) in [4.78, 5) is 23.3. The van der Waals surface area contributed by atoms with Crippen LogP contribution in [0.15, 0.2) is 30.3 Å². The van der Waals surface area contributed by atoms with Gasteiger partial charge in [0.15, 0.2) is 0 Å².